The highest BCUT2D eigenvalue weighted by atomic mass is 35.5. The molecule has 1 aromatic rings. The van der Waals surface area contributed by atoms with E-state index >= 15 is 0 Å². The number of hydrogen-bond donors (Lipinski definition) is 2. The van der Waals surface area contributed by atoms with Crippen LogP contribution in [0.1, 0.15) is 0 Å². The Balaban J connectivity index is 1.83. The zero-order valence-corrected chi connectivity index (χ0v) is 13.5. The Morgan fingerprint density at radius 2 is 2.00 bits per heavy atom. The van der Waals surface area contributed by atoms with Gasteiger partial charge in [-0.15, -0.1) is 0 Å². The summed E-state index contributed by atoms with van der Waals surface area (Å²) in [7, 11) is 0. The van der Waals surface area contributed by atoms with Gasteiger partial charge < -0.3 is 15.4 Å². The number of morpholine rings is 1. The highest BCUT2D eigenvalue weighted by Gasteiger charge is 2.18. The van der Waals surface area contributed by atoms with Crippen LogP contribution in [0.15, 0.2) is 18.2 Å². The molecule has 2 amide bonds. The molecule has 24 heavy (non-hydrogen) atoms. The maximum absolute atomic E-state index is 11.8. The minimum atomic E-state index is -0.931. The van der Waals surface area contributed by atoms with E-state index < -0.39 is 16.7 Å². The summed E-state index contributed by atoms with van der Waals surface area (Å²) in [6.07, 6.45) is 0. The van der Waals surface area contributed by atoms with Gasteiger partial charge in [-0.2, -0.15) is 0 Å². The highest BCUT2D eigenvalue weighted by Crippen LogP contribution is 2.26. The van der Waals surface area contributed by atoms with E-state index in [4.69, 9.17) is 16.3 Å². The summed E-state index contributed by atoms with van der Waals surface area (Å²) in [6, 6.07) is 3.59. The molecule has 1 aliphatic rings. The van der Waals surface area contributed by atoms with Gasteiger partial charge in [0.05, 0.1) is 28.8 Å². The summed E-state index contributed by atoms with van der Waals surface area (Å²) in [4.78, 5) is 35.8. The minimum absolute atomic E-state index is 0.0131. The normalized spacial score (nSPS) is 14.9. The number of ether oxygens (including phenoxy) is 1. The number of anilines is 1. The molecule has 1 aliphatic heterocycles. The number of nitro benzene ring substituents is 1. The van der Waals surface area contributed by atoms with Gasteiger partial charge in [-0.1, -0.05) is 11.6 Å². The van der Waals surface area contributed by atoms with Gasteiger partial charge in [0.1, 0.15) is 0 Å². The number of nitrogens with one attached hydrogen (secondary N) is 2. The molecule has 1 aromatic carbocycles. The lowest BCUT2D eigenvalue weighted by Gasteiger charge is -2.26. The van der Waals surface area contributed by atoms with Gasteiger partial charge in [0, 0.05) is 38.3 Å². The van der Waals surface area contributed by atoms with Gasteiger partial charge in [-0.25, -0.2) is 0 Å². The molecule has 9 nitrogen and oxygen atoms in total. The first-order valence-electron chi connectivity index (χ1n) is 7.30. The van der Waals surface area contributed by atoms with Crippen molar-refractivity contribution in [1.82, 2.24) is 10.2 Å². The van der Waals surface area contributed by atoms with Crippen molar-refractivity contribution in [3.05, 3.63) is 33.3 Å². The van der Waals surface area contributed by atoms with Crippen LogP contribution in [0, 0.1) is 10.1 Å². The van der Waals surface area contributed by atoms with E-state index in [0.717, 1.165) is 19.2 Å². The molecule has 10 heteroatoms. The molecule has 0 aromatic heterocycles. The highest BCUT2D eigenvalue weighted by molar-refractivity contribution is 6.41. The smallest absolute Gasteiger partial charge is 0.313 e. The van der Waals surface area contributed by atoms with Crippen LogP contribution in [0.2, 0.25) is 5.02 Å². The maximum Gasteiger partial charge on any atom is 0.313 e. The number of nitrogens with zero attached hydrogens (tertiary/aromatic N) is 2. The van der Waals surface area contributed by atoms with Crippen molar-refractivity contribution in [2.24, 2.45) is 0 Å². The summed E-state index contributed by atoms with van der Waals surface area (Å²) in [5, 5.41) is 15.6. The van der Waals surface area contributed by atoms with E-state index in [1.165, 1.54) is 12.1 Å². The van der Waals surface area contributed by atoms with E-state index in [9.17, 15) is 19.7 Å². The van der Waals surface area contributed by atoms with Crippen molar-refractivity contribution in [1.29, 1.82) is 0 Å². The van der Waals surface area contributed by atoms with Crippen molar-refractivity contribution in [2.75, 3.05) is 44.7 Å². The second-order valence-corrected chi connectivity index (χ2v) is 5.49. The maximum atomic E-state index is 11.8. The number of halogens is 1. The second-order valence-electron chi connectivity index (χ2n) is 5.09. The molecule has 0 unspecified atom stereocenters. The van der Waals surface area contributed by atoms with Gasteiger partial charge in [0.25, 0.3) is 5.69 Å². The first kappa shape index (κ1) is 18.1. The Hall–Kier alpha value is -2.23. The Kier molecular flexibility index (Phi) is 6.47. The number of carbonyl (C=O) groups is 2. The molecule has 1 fully saturated rings. The lowest BCUT2D eigenvalue weighted by Crippen LogP contribution is -2.43. The number of rotatable bonds is 5. The Labute approximate surface area is 143 Å². The fourth-order valence-corrected chi connectivity index (χ4v) is 2.30. The standard InChI is InChI=1S/C14H17ClN4O5/c15-11-2-1-10(19(22)23)9-12(11)17-14(21)13(20)16-3-4-18-5-7-24-8-6-18/h1-2,9H,3-8H2,(H,16,20)(H,17,21). The zero-order chi connectivity index (χ0) is 17.5. The molecule has 0 atom stereocenters. The Bertz CT molecular complexity index is 634. The van der Waals surface area contributed by atoms with Gasteiger partial charge in [-0.05, 0) is 6.07 Å². The van der Waals surface area contributed by atoms with Crippen molar-refractivity contribution >= 4 is 34.8 Å². The van der Waals surface area contributed by atoms with E-state index in [2.05, 4.69) is 15.5 Å². The van der Waals surface area contributed by atoms with Crippen LogP contribution in [0.3, 0.4) is 0 Å². The number of hydrogen-bond acceptors (Lipinski definition) is 6. The Morgan fingerprint density at radius 3 is 2.67 bits per heavy atom. The zero-order valence-electron chi connectivity index (χ0n) is 12.8. The quantitative estimate of drug-likeness (QED) is 0.454. The summed E-state index contributed by atoms with van der Waals surface area (Å²) in [6.45, 7) is 3.80. The van der Waals surface area contributed by atoms with Crippen LogP contribution in [-0.4, -0.2) is 61.0 Å². The fourth-order valence-electron chi connectivity index (χ4n) is 2.13. The van der Waals surface area contributed by atoms with Gasteiger partial charge in [-0.3, -0.25) is 24.6 Å². The molecule has 2 rings (SSSR count). The van der Waals surface area contributed by atoms with Crippen LogP contribution in [-0.2, 0) is 14.3 Å². The number of carbonyl (C=O) groups excluding carboxylic acids is 2. The van der Waals surface area contributed by atoms with E-state index in [1.807, 2.05) is 0 Å². The Morgan fingerprint density at radius 1 is 1.29 bits per heavy atom. The number of benzene rings is 1. The van der Waals surface area contributed by atoms with Crippen molar-refractivity contribution in [3.8, 4) is 0 Å². The molecule has 0 saturated carbocycles. The third-order valence-corrected chi connectivity index (χ3v) is 3.76. The fraction of sp³-hybridized carbons (Fsp3) is 0.429. The van der Waals surface area contributed by atoms with Crippen molar-refractivity contribution < 1.29 is 19.2 Å². The van der Waals surface area contributed by atoms with Crippen molar-refractivity contribution in [2.45, 2.75) is 0 Å². The predicted molar refractivity (Wildman–Crippen MR) is 87.0 cm³/mol. The SMILES string of the molecule is O=C(NCCN1CCOCC1)C(=O)Nc1cc([N+](=O)[O-])ccc1Cl. The molecule has 0 radical (unpaired) electrons. The lowest BCUT2D eigenvalue weighted by atomic mass is 10.2. The second kappa shape index (κ2) is 8.57. The molecule has 0 bridgehead atoms. The first-order valence-corrected chi connectivity index (χ1v) is 7.68. The summed E-state index contributed by atoms with van der Waals surface area (Å²) < 4.78 is 5.22. The summed E-state index contributed by atoms with van der Waals surface area (Å²) >= 11 is 5.87. The molecular formula is C14H17ClN4O5. The summed E-state index contributed by atoms with van der Waals surface area (Å²) in [5.74, 6) is -1.76. The van der Waals surface area contributed by atoms with Crippen molar-refractivity contribution in [3.63, 3.8) is 0 Å². The molecule has 2 N–H and O–H groups in total. The molecule has 1 heterocycles. The number of nitro groups is 1. The van der Waals surface area contributed by atoms with Crippen LogP contribution >= 0.6 is 11.6 Å². The molecule has 1 saturated heterocycles. The topological polar surface area (TPSA) is 114 Å². The molecule has 0 aliphatic carbocycles. The van der Waals surface area contributed by atoms with Gasteiger partial charge in [0.15, 0.2) is 0 Å². The number of amides is 2. The molecule has 0 spiro atoms. The van der Waals surface area contributed by atoms with Gasteiger partial charge >= 0.3 is 11.8 Å². The molecular weight excluding hydrogens is 340 g/mol. The van der Waals surface area contributed by atoms with Crippen LogP contribution in [0.25, 0.3) is 0 Å². The van der Waals surface area contributed by atoms with Crippen LogP contribution in [0.4, 0.5) is 11.4 Å². The van der Waals surface area contributed by atoms with Crippen LogP contribution < -0.4 is 10.6 Å². The minimum Gasteiger partial charge on any atom is -0.379 e. The monoisotopic (exact) mass is 356 g/mol. The average Bonchev–Trinajstić information content (AvgIpc) is 2.57. The lowest BCUT2D eigenvalue weighted by molar-refractivity contribution is -0.384. The number of non-ortho nitro benzene ring substituents is 1. The van der Waals surface area contributed by atoms with E-state index in [1.54, 1.807) is 0 Å². The third-order valence-electron chi connectivity index (χ3n) is 3.43. The van der Waals surface area contributed by atoms with E-state index in [0.29, 0.717) is 26.3 Å². The third kappa shape index (κ3) is 5.15. The summed E-state index contributed by atoms with van der Waals surface area (Å²) in [5.41, 5.74) is -0.221. The van der Waals surface area contributed by atoms with E-state index in [-0.39, 0.29) is 16.4 Å². The molecule has 130 valence electrons. The average molecular weight is 357 g/mol. The predicted octanol–water partition coefficient (Wildman–Crippen LogP) is 0.635. The first-order chi connectivity index (χ1) is 11.5. The van der Waals surface area contributed by atoms with Gasteiger partial charge in [0.2, 0.25) is 0 Å². The van der Waals surface area contributed by atoms with Crippen LogP contribution in [0.5, 0.6) is 0 Å². The largest absolute Gasteiger partial charge is 0.379 e.